The summed E-state index contributed by atoms with van der Waals surface area (Å²) < 4.78 is 5.81. The Morgan fingerprint density at radius 1 is 1.06 bits per heavy atom. The number of imidazole rings is 1. The van der Waals surface area contributed by atoms with Gasteiger partial charge >= 0.3 is 5.69 Å². The lowest BCUT2D eigenvalue weighted by Gasteiger charge is -2.12. The van der Waals surface area contributed by atoms with E-state index in [0.29, 0.717) is 18.3 Å². The lowest BCUT2D eigenvalue weighted by atomic mass is 10.00. The van der Waals surface area contributed by atoms with Gasteiger partial charge < -0.3 is 4.57 Å². The molecule has 0 atom stereocenters. The number of rotatable bonds is 9. The van der Waals surface area contributed by atoms with Crippen molar-refractivity contribution in [1.29, 1.82) is 0 Å². The zero-order valence-corrected chi connectivity index (χ0v) is 20.8. The number of benzene rings is 1. The molecule has 0 aliphatic rings. The van der Waals surface area contributed by atoms with Crippen molar-refractivity contribution in [3.63, 3.8) is 0 Å². The first-order valence-electron chi connectivity index (χ1n) is 12.3. The number of tetrazole rings is 1. The molecule has 0 unspecified atom stereocenters. The fourth-order valence-corrected chi connectivity index (χ4v) is 4.58. The van der Waals surface area contributed by atoms with E-state index in [0.717, 1.165) is 53.2 Å². The zero-order chi connectivity index (χ0) is 25.1. The van der Waals surface area contributed by atoms with Crippen LogP contribution >= 0.6 is 0 Å². The molecule has 0 radical (unpaired) electrons. The van der Waals surface area contributed by atoms with E-state index in [1.54, 1.807) is 10.8 Å². The van der Waals surface area contributed by atoms with Crippen molar-refractivity contribution in [3.8, 4) is 28.3 Å². The number of nitrogens with one attached hydrogen (secondary N) is 1. The normalized spacial score (nSPS) is 11.4. The van der Waals surface area contributed by atoms with Crippen molar-refractivity contribution in [2.75, 3.05) is 0 Å². The van der Waals surface area contributed by atoms with Crippen molar-refractivity contribution in [2.45, 2.75) is 46.7 Å². The maximum absolute atomic E-state index is 13.7. The van der Waals surface area contributed by atoms with Gasteiger partial charge in [-0.1, -0.05) is 51.5 Å². The first-order valence-corrected chi connectivity index (χ1v) is 12.3. The Bertz CT molecular complexity index is 1490. The van der Waals surface area contributed by atoms with Crippen LogP contribution in [0.25, 0.3) is 28.3 Å². The lowest BCUT2D eigenvalue weighted by Crippen LogP contribution is -2.26. The van der Waals surface area contributed by atoms with Crippen molar-refractivity contribution < 1.29 is 0 Å². The fraction of sp³-hybridized carbons (Fsp3) is 0.296. The number of aryl methyl sites for hydroxylation is 1. The molecule has 0 aliphatic carbocycles. The smallest absolute Gasteiger partial charge is 0.334 e. The predicted octanol–water partition coefficient (Wildman–Crippen LogP) is 4.34. The number of hydrogen-bond donors (Lipinski definition) is 1. The quantitative estimate of drug-likeness (QED) is 0.337. The molecule has 184 valence electrons. The molecule has 5 aromatic rings. The third kappa shape index (κ3) is 4.64. The van der Waals surface area contributed by atoms with Gasteiger partial charge in [0.1, 0.15) is 5.82 Å². The SMILES string of the molecule is CCCc1cn(-c2cccn2CC(C)C)c(=O)n1Cc1cnccc1-c1ccc(-c2nn[nH]n2)cc1. The second kappa shape index (κ2) is 10.2. The van der Waals surface area contributed by atoms with Gasteiger partial charge in [0.2, 0.25) is 5.82 Å². The van der Waals surface area contributed by atoms with Crippen LogP contribution in [-0.2, 0) is 19.5 Å². The van der Waals surface area contributed by atoms with E-state index in [-0.39, 0.29) is 5.69 Å². The van der Waals surface area contributed by atoms with Crippen molar-refractivity contribution in [1.82, 2.24) is 39.3 Å². The van der Waals surface area contributed by atoms with Crippen LogP contribution in [0.15, 0.2) is 72.0 Å². The predicted molar refractivity (Wildman–Crippen MR) is 139 cm³/mol. The Kier molecular flexibility index (Phi) is 6.62. The summed E-state index contributed by atoms with van der Waals surface area (Å²) in [5.41, 5.74) is 4.92. The van der Waals surface area contributed by atoms with Gasteiger partial charge in [-0.15, -0.1) is 10.2 Å². The molecule has 1 N–H and O–H groups in total. The van der Waals surface area contributed by atoms with Gasteiger partial charge in [-0.2, -0.15) is 5.21 Å². The molecule has 9 nitrogen and oxygen atoms in total. The van der Waals surface area contributed by atoms with Crippen molar-refractivity contribution >= 4 is 0 Å². The molecule has 4 aromatic heterocycles. The van der Waals surface area contributed by atoms with Gasteiger partial charge in [0, 0.05) is 42.6 Å². The number of pyridine rings is 1. The molecule has 0 saturated carbocycles. The highest BCUT2D eigenvalue weighted by molar-refractivity contribution is 5.69. The van der Waals surface area contributed by atoms with Gasteiger partial charge in [-0.05, 0) is 52.4 Å². The minimum Gasteiger partial charge on any atom is -0.334 e. The Balaban J connectivity index is 1.51. The lowest BCUT2D eigenvalue weighted by molar-refractivity contribution is 0.516. The van der Waals surface area contributed by atoms with E-state index in [2.05, 4.69) is 50.9 Å². The van der Waals surface area contributed by atoms with E-state index in [1.807, 2.05) is 65.6 Å². The molecule has 0 saturated heterocycles. The first kappa shape index (κ1) is 23.5. The van der Waals surface area contributed by atoms with E-state index >= 15 is 0 Å². The standard InChI is InChI=1S/C27H30N8O/c1-4-6-23-18-35(25-7-5-14-33(25)16-19(2)3)27(36)34(23)17-22-15-28-13-12-24(22)20-8-10-21(11-9-20)26-29-31-32-30-26/h5,7-15,18-19H,4,6,16-17H2,1-3H3,(H,29,30,31,32). The van der Waals surface area contributed by atoms with Crippen LogP contribution in [0.4, 0.5) is 0 Å². The average molecular weight is 483 g/mol. The average Bonchev–Trinajstić information content (AvgIpc) is 3.63. The van der Waals surface area contributed by atoms with E-state index in [4.69, 9.17) is 0 Å². The minimum absolute atomic E-state index is 0.0376. The molecular weight excluding hydrogens is 452 g/mol. The van der Waals surface area contributed by atoms with Gasteiger partial charge in [-0.25, -0.2) is 4.79 Å². The van der Waals surface area contributed by atoms with Crippen LogP contribution in [0.3, 0.4) is 0 Å². The van der Waals surface area contributed by atoms with Crippen LogP contribution in [0.1, 0.15) is 38.4 Å². The Morgan fingerprint density at radius 3 is 2.58 bits per heavy atom. The molecule has 5 rings (SSSR count). The molecule has 0 spiro atoms. The molecule has 0 aliphatic heterocycles. The third-order valence-electron chi connectivity index (χ3n) is 6.21. The molecule has 36 heavy (non-hydrogen) atoms. The van der Waals surface area contributed by atoms with Gasteiger partial charge in [0.25, 0.3) is 0 Å². The molecule has 9 heteroatoms. The summed E-state index contributed by atoms with van der Waals surface area (Å²) in [5.74, 6) is 1.93. The molecule has 4 heterocycles. The van der Waals surface area contributed by atoms with Gasteiger partial charge in [0.05, 0.1) is 6.54 Å². The van der Waals surface area contributed by atoms with Crippen LogP contribution in [0, 0.1) is 5.92 Å². The number of aromatic amines is 1. The van der Waals surface area contributed by atoms with Crippen LogP contribution in [-0.4, -0.2) is 39.3 Å². The maximum Gasteiger partial charge on any atom is 0.334 e. The summed E-state index contributed by atoms with van der Waals surface area (Å²) in [7, 11) is 0. The zero-order valence-electron chi connectivity index (χ0n) is 20.8. The first-order chi connectivity index (χ1) is 17.5. The minimum atomic E-state index is -0.0376. The summed E-state index contributed by atoms with van der Waals surface area (Å²) >= 11 is 0. The van der Waals surface area contributed by atoms with E-state index in [1.165, 1.54) is 0 Å². The van der Waals surface area contributed by atoms with Crippen molar-refractivity contribution in [2.24, 2.45) is 5.92 Å². The molecule has 0 amide bonds. The maximum atomic E-state index is 13.7. The summed E-state index contributed by atoms with van der Waals surface area (Å²) in [6, 6.07) is 14.0. The van der Waals surface area contributed by atoms with Gasteiger partial charge in [-0.3, -0.25) is 14.1 Å². The van der Waals surface area contributed by atoms with Gasteiger partial charge in [0.15, 0.2) is 0 Å². The Labute approximate surface area is 209 Å². The second-order valence-electron chi connectivity index (χ2n) is 9.37. The Hall–Kier alpha value is -4.27. The molecule has 0 fully saturated rings. The summed E-state index contributed by atoms with van der Waals surface area (Å²) in [6.45, 7) is 7.80. The van der Waals surface area contributed by atoms with Crippen LogP contribution in [0.5, 0.6) is 0 Å². The summed E-state index contributed by atoms with van der Waals surface area (Å²) in [4.78, 5) is 18.1. The molecule has 1 aromatic carbocycles. The molecular formula is C27H30N8O. The summed E-state index contributed by atoms with van der Waals surface area (Å²) in [5, 5.41) is 14.2. The van der Waals surface area contributed by atoms with E-state index in [9.17, 15) is 4.79 Å². The third-order valence-corrected chi connectivity index (χ3v) is 6.21. The summed E-state index contributed by atoms with van der Waals surface area (Å²) in [6.07, 6.45) is 9.44. The number of H-pyrrole nitrogens is 1. The highest BCUT2D eigenvalue weighted by Gasteiger charge is 2.17. The number of aromatic nitrogens is 8. The largest absolute Gasteiger partial charge is 0.334 e. The van der Waals surface area contributed by atoms with Crippen LogP contribution in [0.2, 0.25) is 0 Å². The fourth-order valence-electron chi connectivity index (χ4n) is 4.58. The second-order valence-corrected chi connectivity index (χ2v) is 9.37. The number of hydrogen-bond acceptors (Lipinski definition) is 5. The highest BCUT2D eigenvalue weighted by Crippen LogP contribution is 2.26. The monoisotopic (exact) mass is 482 g/mol. The number of nitrogens with zero attached hydrogens (tertiary/aromatic N) is 7. The Morgan fingerprint density at radius 2 is 1.86 bits per heavy atom. The highest BCUT2D eigenvalue weighted by atomic mass is 16.1. The van der Waals surface area contributed by atoms with Crippen molar-refractivity contribution in [3.05, 3.63) is 89.0 Å². The topological polar surface area (TPSA) is 99.2 Å². The van der Waals surface area contributed by atoms with Crippen LogP contribution < -0.4 is 5.69 Å². The van der Waals surface area contributed by atoms with E-state index < -0.39 is 0 Å². The molecule has 0 bridgehead atoms.